The molecule has 0 aromatic heterocycles. The van der Waals surface area contributed by atoms with Crippen LogP contribution in [0.15, 0.2) is 40.9 Å². The maximum atomic E-state index is 14.7. The minimum Gasteiger partial charge on any atom is -0.359 e. The highest BCUT2D eigenvalue weighted by Gasteiger charge is 2.53. The molecule has 0 saturated carbocycles. The van der Waals surface area contributed by atoms with Crippen LogP contribution in [0.5, 0.6) is 0 Å². The first-order valence-electron chi connectivity index (χ1n) is 11.7. The van der Waals surface area contributed by atoms with Gasteiger partial charge in [0.15, 0.2) is 0 Å². The highest BCUT2D eigenvalue weighted by molar-refractivity contribution is 9.10. The van der Waals surface area contributed by atoms with Gasteiger partial charge in [0.05, 0.1) is 5.69 Å². The van der Waals surface area contributed by atoms with Crippen molar-refractivity contribution in [3.63, 3.8) is 0 Å². The third-order valence-corrected chi connectivity index (χ3v) is 6.98. The van der Waals surface area contributed by atoms with E-state index in [9.17, 15) is 23.5 Å². The van der Waals surface area contributed by atoms with Gasteiger partial charge in [-0.3, -0.25) is 4.79 Å². The van der Waals surface area contributed by atoms with E-state index < -0.39 is 35.0 Å². The van der Waals surface area contributed by atoms with Crippen molar-refractivity contribution in [2.75, 3.05) is 36.4 Å². The quantitative estimate of drug-likeness (QED) is 0.465. The van der Waals surface area contributed by atoms with Gasteiger partial charge in [-0.05, 0) is 61.6 Å². The first-order valence-corrected chi connectivity index (χ1v) is 12.5. The molecule has 2 aliphatic heterocycles. The lowest BCUT2D eigenvalue weighted by Gasteiger charge is -2.42. The standard InChI is InChI=1S/C25H29BrF2N4O3/c1-15-11-16(2)14-31(13-15)10-4-9-29-23(33)25(35)18-12-17(26)7-8-21(18)30-24(34)32(25)22-19(27)5-3-6-20(22)28/h3,5-8,12,15-16,35H,4,9-11,13-14H2,1-2H3,(H,29,33)(H,30,34)/t15-,16-,25-/m0/s1. The summed E-state index contributed by atoms with van der Waals surface area (Å²) in [6.07, 6.45) is 1.81. The van der Waals surface area contributed by atoms with Crippen LogP contribution in [0.2, 0.25) is 0 Å². The zero-order chi connectivity index (χ0) is 25.3. The Morgan fingerprint density at radius 2 is 1.86 bits per heavy atom. The Balaban J connectivity index is 1.60. The van der Waals surface area contributed by atoms with Crippen molar-refractivity contribution in [1.82, 2.24) is 10.2 Å². The van der Waals surface area contributed by atoms with Crippen LogP contribution in [0.3, 0.4) is 0 Å². The van der Waals surface area contributed by atoms with Gasteiger partial charge in [-0.1, -0.05) is 35.8 Å². The van der Waals surface area contributed by atoms with Crippen molar-refractivity contribution < 1.29 is 23.5 Å². The molecule has 1 fully saturated rings. The molecule has 0 bridgehead atoms. The predicted molar refractivity (Wildman–Crippen MR) is 133 cm³/mol. The Morgan fingerprint density at radius 1 is 1.20 bits per heavy atom. The number of nitrogens with one attached hydrogen (secondary N) is 2. The Labute approximate surface area is 211 Å². The number of rotatable bonds is 6. The fourth-order valence-electron chi connectivity index (χ4n) is 5.14. The summed E-state index contributed by atoms with van der Waals surface area (Å²) in [5, 5.41) is 16.9. The van der Waals surface area contributed by atoms with Gasteiger partial charge >= 0.3 is 6.03 Å². The number of anilines is 2. The molecule has 2 aromatic rings. The lowest BCUT2D eigenvalue weighted by Crippen LogP contribution is -2.63. The lowest BCUT2D eigenvalue weighted by atomic mass is 9.92. The maximum absolute atomic E-state index is 14.7. The number of aliphatic hydroxyl groups is 1. The number of hydrogen-bond acceptors (Lipinski definition) is 4. The summed E-state index contributed by atoms with van der Waals surface area (Å²) < 4.78 is 30.0. The molecule has 4 rings (SSSR count). The summed E-state index contributed by atoms with van der Waals surface area (Å²) in [6, 6.07) is 6.60. The fraction of sp³-hybridized carbons (Fsp3) is 0.440. The Kier molecular flexibility index (Phi) is 7.44. The fourth-order valence-corrected chi connectivity index (χ4v) is 5.51. The lowest BCUT2D eigenvalue weighted by molar-refractivity contribution is -0.140. The van der Waals surface area contributed by atoms with Gasteiger partial charge in [0.2, 0.25) is 0 Å². The molecule has 10 heteroatoms. The van der Waals surface area contributed by atoms with Crippen LogP contribution in [0.1, 0.15) is 32.3 Å². The van der Waals surface area contributed by atoms with Crippen molar-refractivity contribution in [3.05, 3.63) is 58.1 Å². The molecule has 188 valence electrons. The normalized spacial score (nSPS) is 24.6. The Bertz CT molecular complexity index is 1100. The van der Waals surface area contributed by atoms with Gasteiger partial charge in [0.25, 0.3) is 11.6 Å². The summed E-state index contributed by atoms with van der Waals surface area (Å²) >= 11 is 3.30. The van der Waals surface area contributed by atoms with Gasteiger partial charge < -0.3 is 20.6 Å². The first-order chi connectivity index (χ1) is 16.6. The van der Waals surface area contributed by atoms with Gasteiger partial charge in [-0.15, -0.1) is 0 Å². The van der Waals surface area contributed by atoms with Crippen molar-refractivity contribution in [2.45, 2.75) is 32.4 Å². The number of benzene rings is 2. The molecule has 2 heterocycles. The molecular formula is C25H29BrF2N4O3. The van der Waals surface area contributed by atoms with Crippen LogP contribution in [0.4, 0.5) is 25.0 Å². The molecule has 1 saturated heterocycles. The Hall–Kier alpha value is -2.56. The SMILES string of the molecule is C[C@H]1C[C@H](C)CN(CCCNC(=O)[C@@]2(O)c3cc(Br)ccc3NC(=O)N2c2c(F)cccc2F)C1. The van der Waals surface area contributed by atoms with E-state index in [-0.39, 0.29) is 17.8 Å². The van der Waals surface area contributed by atoms with E-state index in [0.717, 1.165) is 37.8 Å². The number of para-hydroxylation sites is 1. The summed E-state index contributed by atoms with van der Waals surface area (Å²) in [7, 11) is 0. The monoisotopic (exact) mass is 550 g/mol. The second-order valence-corrected chi connectivity index (χ2v) is 10.4. The number of hydrogen-bond donors (Lipinski definition) is 3. The van der Waals surface area contributed by atoms with Gasteiger partial charge in [0, 0.05) is 29.7 Å². The van der Waals surface area contributed by atoms with Crippen molar-refractivity contribution >= 4 is 39.2 Å². The molecule has 0 radical (unpaired) electrons. The number of carbonyl (C=O) groups is 2. The van der Waals surface area contributed by atoms with E-state index in [1.165, 1.54) is 18.6 Å². The number of nitrogens with zero attached hydrogens (tertiary/aromatic N) is 2. The smallest absolute Gasteiger partial charge is 0.329 e. The first kappa shape index (κ1) is 25.5. The average Bonchev–Trinajstić information content (AvgIpc) is 2.78. The molecular weight excluding hydrogens is 522 g/mol. The molecule has 0 aliphatic carbocycles. The van der Waals surface area contributed by atoms with Crippen LogP contribution in [-0.2, 0) is 10.5 Å². The minimum atomic E-state index is -2.68. The van der Waals surface area contributed by atoms with Crippen LogP contribution in [-0.4, -0.2) is 48.1 Å². The molecule has 2 aromatic carbocycles. The third kappa shape index (κ3) is 5.05. The van der Waals surface area contributed by atoms with Crippen molar-refractivity contribution in [1.29, 1.82) is 0 Å². The van der Waals surface area contributed by atoms with E-state index >= 15 is 0 Å². The van der Waals surface area contributed by atoms with E-state index in [1.807, 2.05) is 0 Å². The number of carbonyl (C=O) groups excluding carboxylic acids is 2. The van der Waals surface area contributed by atoms with Crippen molar-refractivity contribution in [3.8, 4) is 0 Å². The minimum absolute atomic E-state index is 0.00897. The number of urea groups is 1. The zero-order valence-electron chi connectivity index (χ0n) is 19.7. The largest absolute Gasteiger partial charge is 0.359 e. The second kappa shape index (κ2) is 10.2. The number of piperidine rings is 1. The molecule has 3 atom stereocenters. The average molecular weight is 551 g/mol. The molecule has 2 aliphatic rings. The van der Waals surface area contributed by atoms with E-state index in [0.29, 0.717) is 27.6 Å². The van der Waals surface area contributed by atoms with Crippen LogP contribution in [0.25, 0.3) is 0 Å². The number of fused-ring (bicyclic) bond motifs is 1. The van der Waals surface area contributed by atoms with Gasteiger partial charge in [0.1, 0.15) is 17.3 Å². The molecule has 3 N–H and O–H groups in total. The molecule has 0 spiro atoms. The maximum Gasteiger partial charge on any atom is 0.329 e. The molecule has 3 amide bonds. The summed E-state index contributed by atoms with van der Waals surface area (Å²) in [5.41, 5.74) is -3.34. The summed E-state index contributed by atoms with van der Waals surface area (Å²) in [6.45, 7) is 7.41. The second-order valence-electron chi connectivity index (χ2n) is 9.51. The van der Waals surface area contributed by atoms with Gasteiger partial charge in [-0.2, -0.15) is 0 Å². The van der Waals surface area contributed by atoms with Crippen LogP contribution >= 0.6 is 15.9 Å². The predicted octanol–water partition coefficient (Wildman–Crippen LogP) is 4.41. The van der Waals surface area contributed by atoms with Gasteiger partial charge in [-0.25, -0.2) is 18.5 Å². The van der Waals surface area contributed by atoms with E-state index in [4.69, 9.17) is 0 Å². The highest BCUT2D eigenvalue weighted by atomic mass is 79.9. The molecule has 35 heavy (non-hydrogen) atoms. The van der Waals surface area contributed by atoms with E-state index in [1.54, 1.807) is 6.07 Å². The van der Waals surface area contributed by atoms with Crippen molar-refractivity contribution in [2.24, 2.45) is 11.8 Å². The van der Waals surface area contributed by atoms with Crippen LogP contribution in [0, 0.1) is 23.5 Å². The molecule has 7 nitrogen and oxygen atoms in total. The number of amides is 3. The Morgan fingerprint density at radius 3 is 2.51 bits per heavy atom. The summed E-state index contributed by atoms with van der Waals surface area (Å²) in [5.74, 6) is -1.91. The van der Waals surface area contributed by atoms with E-state index in [2.05, 4.69) is 45.3 Å². The highest BCUT2D eigenvalue weighted by Crippen LogP contribution is 2.42. The van der Waals surface area contributed by atoms with Crippen LogP contribution < -0.4 is 15.5 Å². The number of halogens is 3. The summed E-state index contributed by atoms with van der Waals surface area (Å²) in [4.78, 5) is 29.2. The zero-order valence-corrected chi connectivity index (χ0v) is 21.2. The topological polar surface area (TPSA) is 84.9 Å². The number of likely N-dealkylation sites (tertiary alicyclic amines) is 1. The third-order valence-electron chi connectivity index (χ3n) is 6.48. The molecule has 0 unspecified atom stereocenters.